The van der Waals surface area contributed by atoms with E-state index in [4.69, 9.17) is 36.1 Å². The Morgan fingerprint density at radius 1 is 0.706 bits per heavy atom. The van der Waals surface area contributed by atoms with Gasteiger partial charge in [-0.15, -0.1) is 0 Å². The summed E-state index contributed by atoms with van der Waals surface area (Å²) in [5.74, 6) is -0.229. The van der Waals surface area contributed by atoms with Gasteiger partial charge in [-0.05, 0) is 18.8 Å². The molecule has 0 amide bonds. The lowest BCUT2D eigenvalue weighted by molar-refractivity contribution is -0.324. The fourth-order valence-electron chi connectivity index (χ4n) is 5.06. The van der Waals surface area contributed by atoms with Crippen LogP contribution in [0.15, 0.2) is 0 Å². The van der Waals surface area contributed by atoms with Gasteiger partial charge in [0.2, 0.25) is 0 Å². The van der Waals surface area contributed by atoms with Crippen molar-refractivity contribution in [3.8, 4) is 0 Å². The minimum atomic E-state index is -1.41. The quantitative estimate of drug-likeness (QED) is 0.163. The first-order valence-corrected chi connectivity index (χ1v) is 11.9. The second-order valence-corrected chi connectivity index (χ2v) is 9.55. The van der Waals surface area contributed by atoms with Crippen LogP contribution in [0.3, 0.4) is 0 Å². The number of rotatable bonds is 7. The van der Waals surface area contributed by atoms with E-state index in [1.165, 1.54) is 0 Å². The minimum Gasteiger partial charge on any atom is -0.394 e. The van der Waals surface area contributed by atoms with Crippen LogP contribution in [0.25, 0.3) is 0 Å². The normalized spacial score (nSPS) is 52.5. The van der Waals surface area contributed by atoms with Crippen LogP contribution in [0.2, 0.25) is 0 Å². The van der Waals surface area contributed by atoms with Gasteiger partial charge in [0.25, 0.3) is 0 Å². The number of aliphatic hydroxyl groups is 6. The Hall–Kier alpha value is -0.520. The molecular weight excluding hydrogens is 454 g/mol. The van der Waals surface area contributed by atoms with Crippen LogP contribution in [0.1, 0.15) is 33.1 Å². The van der Waals surface area contributed by atoms with Crippen LogP contribution in [-0.4, -0.2) is 123 Å². The van der Waals surface area contributed by atoms with E-state index in [0.717, 1.165) is 0 Å². The summed E-state index contributed by atoms with van der Waals surface area (Å²) in [6, 6.07) is -2.82. The molecule has 15 unspecified atom stereocenters. The van der Waals surface area contributed by atoms with Crippen molar-refractivity contribution in [2.45, 2.75) is 119 Å². The van der Waals surface area contributed by atoms with Gasteiger partial charge in [-0.25, -0.2) is 0 Å². The average molecular weight is 496 g/mol. The standard InChI is InChI=1S/C21H41N3O10/c1-3-7-5-8(22)19(34-20-12(24)15(28)14(27)9(4-2)31-20)17(30)18(7)33-21-16(29)11(23)13(26)10(6-25)32-21/h7-21,25-30H,3-6,22-24H2,1-2H3. The van der Waals surface area contributed by atoms with Gasteiger partial charge in [-0.1, -0.05) is 20.3 Å². The van der Waals surface area contributed by atoms with Crippen molar-refractivity contribution in [3.63, 3.8) is 0 Å². The largest absolute Gasteiger partial charge is 0.394 e. The summed E-state index contributed by atoms with van der Waals surface area (Å²) in [7, 11) is 0. The van der Waals surface area contributed by atoms with Crippen LogP contribution < -0.4 is 17.2 Å². The first kappa shape index (κ1) is 28.1. The molecule has 200 valence electrons. The Morgan fingerprint density at radius 2 is 1.32 bits per heavy atom. The monoisotopic (exact) mass is 495 g/mol. The molecule has 2 aliphatic heterocycles. The summed E-state index contributed by atoms with van der Waals surface area (Å²) in [4.78, 5) is 0. The van der Waals surface area contributed by atoms with Crippen LogP contribution in [0.4, 0.5) is 0 Å². The van der Waals surface area contributed by atoms with E-state index in [9.17, 15) is 30.6 Å². The third-order valence-electron chi connectivity index (χ3n) is 7.33. The van der Waals surface area contributed by atoms with E-state index in [-0.39, 0.29) is 5.92 Å². The van der Waals surface area contributed by atoms with E-state index in [1.807, 2.05) is 6.92 Å². The van der Waals surface area contributed by atoms with E-state index < -0.39 is 92.2 Å². The van der Waals surface area contributed by atoms with E-state index in [0.29, 0.717) is 19.3 Å². The van der Waals surface area contributed by atoms with E-state index in [2.05, 4.69) is 0 Å². The van der Waals surface area contributed by atoms with Crippen molar-refractivity contribution < 1.29 is 49.6 Å². The predicted molar refractivity (Wildman–Crippen MR) is 117 cm³/mol. The number of hydrogen-bond donors (Lipinski definition) is 9. The lowest BCUT2D eigenvalue weighted by atomic mass is 9.78. The molecule has 2 saturated heterocycles. The first-order chi connectivity index (χ1) is 16.0. The maximum Gasteiger partial charge on any atom is 0.186 e. The number of aliphatic hydroxyl groups excluding tert-OH is 6. The summed E-state index contributed by atoms with van der Waals surface area (Å²) in [5.41, 5.74) is 18.2. The van der Waals surface area contributed by atoms with Gasteiger partial charge in [0, 0.05) is 6.04 Å². The molecular formula is C21H41N3O10. The summed E-state index contributed by atoms with van der Waals surface area (Å²) in [6.45, 7) is 3.14. The third-order valence-corrected chi connectivity index (χ3v) is 7.33. The summed E-state index contributed by atoms with van der Waals surface area (Å²) < 4.78 is 23.2. The molecule has 3 aliphatic rings. The van der Waals surface area contributed by atoms with E-state index in [1.54, 1.807) is 6.92 Å². The molecule has 0 radical (unpaired) electrons. The molecule has 0 bridgehead atoms. The zero-order valence-corrected chi connectivity index (χ0v) is 19.5. The van der Waals surface area contributed by atoms with Gasteiger partial charge in [0.15, 0.2) is 12.6 Å². The van der Waals surface area contributed by atoms with Crippen LogP contribution in [0.5, 0.6) is 0 Å². The van der Waals surface area contributed by atoms with Crippen molar-refractivity contribution in [3.05, 3.63) is 0 Å². The maximum absolute atomic E-state index is 11.2. The molecule has 0 spiro atoms. The van der Waals surface area contributed by atoms with Gasteiger partial charge in [0.05, 0.1) is 30.9 Å². The molecule has 3 rings (SSSR count). The third kappa shape index (κ3) is 5.42. The molecule has 1 saturated carbocycles. The molecule has 15 atom stereocenters. The second-order valence-electron chi connectivity index (χ2n) is 9.55. The van der Waals surface area contributed by atoms with Crippen molar-refractivity contribution in [1.29, 1.82) is 0 Å². The molecule has 0 aromatic carbocycles. The average Bonchev–Trinajstić information content (AvgIpc) is 2.82. The van der Waals surface area contributed by atoms with Crippen molar-refractivity contribution in [2.75, 3.05) is 6.61 Å². The van der Waals surface area contributed by atoms with E-state index >= 15 is 0 Å². The van der Waals surface area contributed by atoms with Crippen molar-refractivity contribution >= 4 is 0 Å². The molecule has 0 aromatic rings. The van der Waals surface area contributed by atoms with Gasteiger partial charge in [-0.2, -0.15) is 0 Å². The Balaban J connectivity index is 1.76. The van der Waals surface area contributed by atoms with Crippen LogP contribution >= 0.6 is 0 Å². The molecule has 0 aromatic heterocycles. The smallest absolute Gasteiger partial charge is 0.186 e. The highest BCUT2D eigenvalue weighted by atomic mass is 16.7. The topological polar surface area (TPSA) is 236 Å². The second kappa shape index (κ2) is 11.7. The Labute approximate surface area is 198 Å². The van der Waals surface area contributed by atoms with Gasteiger partial charge < -0.3 is 66.8 Å². The van der Waals surface area contributed by atoms with Crippen molar-refractivity contribution in [2.24, 2.45) is 23.1 Å². The molecule has 2 heterocycles. The van der Waals surface area contributed by atoms with Crippen LogP contribution in [-0.2, 0) is 18.9 Å². The zero-order chi connectivity index (χ0) is 25.3. The van der Waals surface area contributed by atoms with Gasteiger partial charge in [-0.3, -0.25) is 0 Å². The maximum atomic E-state index is 11.2. The summed E-state index contributed by atoms with van der Waals surface area (Å²) >= 11 is 0. The minimum absolute atomic E-state index is 0.229. The SMILES string of the molecule is CCC1CC(N)C(OC2OC(CC)C(O)C(O)C2N)C(O)C1OC1OC(CO)C(O)C(N)C1O. The molecule has 13 heteroatoms. The number of hydrogen-bond acceptors (Lipinski definition) is 13. The van der Waals surface area contributed by atoms with Gasteiger partial charge in [0.1, 0.15) is 42.7 Å². The molecule has 1 aliphatic carbocycles. The lowest BCUT2D eigenvalue weighted by Gasteiger charge is -2.49. The molecule has 3 fully saturated rings. The summed E-state index contributed by atoms with van der Waals surface area (Å²) in [6.07, 6.45) is -11.2. The molecule has 12 N–H and O–H groups in total. The number of ether oxygens (including phenoxy) is 4. The number of nitrogens with two attached hydrogens (primary N) is 3. The fraction of sp³-hybridized carbons (Fsp3) is 1.00. The van der Waals surface area contributed by atoms with Crippen LogP contribution in [0, 0.1) is 5.92 Å². The first-order valence-electron chi connectivity index (χ1n) is 11.9. The zero-order valence-electron chi connectivity index (χ0n) is 19.5. The Kier molecular flexibility index (Phi) is 9.64. The molecule has 13 nitrogen and oxygen atoms in total. The Morgan fingerprint density at radius 3 is 1.91 bits per heavy atom. The highest BCUT2D eigenvalue weighted by Crippen LogP contribution is 2.35. The highest BCUT2D eigenvalue weighted by molar-refractivity contribution is 5.00. The molecule has 34 heavy (non-hydrogen) atoms. The predicted octanol–water partition coefficient (Wildman–Crippen LogP) is -4.17. The fourth-order valence-corrected chi connectivity index (χ4v) is 5.06. The van der Waals surface area contributed by atoms with Gasteiger partial charge >= 0.3 is 0 Å². The van der Waals surface area contributed by atoms with Crippen molar-refractivity contribution in [1.82, 2.24) is 0 Å². The lowest BCUT2D eigenvalue weighted by Crippen LogP contribution is -2.67. The summed E-state index contributed by atoms with van der Waals surface area (Å²) in [5, 5.41) is 61.7. The Bertz CT molecular complexity index is 646. The highest BCUT2D eigenvalue weighted by Gasteiger charge is 2.51.